The summed E-state index contributed by atoms with van der Waals surface area (Å²) in [4.78, 5) is 0.321. The van der Waals surface area contributed by atoms with Crippen molar-refractivity contribution in [2.24, 2.45) is 0 Å². The van der Waals surface area contributed by atoms with Crippen LogP contribution in [0.5, 0.6) is 0 Å². The van der Waals surface area contributed by atoms with Gasteiger partial charge in [0, 0.05) is 6.54 Å². The summed E-state index contributed by atoms with van der Waals surface area (Å²) in [6, 6.07) is 18.8. The van der Waals surface area contributed by atoms with Crippen LogP contribution in [0.15, 0.2) is 65.6 Å². The van der Waals surface area contributed by atoms with Crippen molar-refractivity contribution in [2.45, 2.75) is 25.7 Å². The number of anilines is 1. The summed E-state index contributed by atoms with van der Waals surface area (Å²) in [6.07, 6.45) is 0. The number of sulfonamides is 1. The van der Waals surface area contributed by atoms with Crippen molar-refractivity contribution < 1.29 is 8.42 Å². The Morgan fingerprint density at radius 2 is 1.54 bits per heavy atom. The second-order valence-corrected chi connectivity index (χ2v) is 7.81. The maximum Gasteiger partial charge on any atom is 0.264 e. The second kappa shape index (κ2) is 6.29. The zero-order valence-electron chi connectivity index (χ0n) is 14.2. The zero-order valence-corrected chi connectivity index (χ0v) is 15.0. The van der Waals surface area contributed by atoms with E-state index in [4.69, 9.17) is 0 Å². The van der Waals surface area contributed by atoms with Crippen molar-refractivity contribution in [3.05, 3.63) is 71.8 Å². The van der Waals surface area contributed by atoms with E-state index in [1.54, 1.807) is 12.1 Å². The summed E-state index contributed by atoms with van der Waals surface area (Å²) in [7, 11) is -3.59. The van der Waals surface area contributed by atoms with Crippen LogP contribution < -0.4 is 4.31 Å². The quantitative estimate of drug-likeness (QED) is 0.692. The van der Waals surface area contributed by atoms with Crippen LogP contribution in [-0.4, -0.2) is 15.0 Å². The van der Waals surface area contributed by atoms with Crippen LogP contribution in [0.2, 0.25) is 0 Å². The molecule has 0 aromatic heterocycles. The predicted octanol–water partition coefficient (Wildman–Crippen LogP) is 4.67. The lowest BCUT2D eigenvalue weighted by molar-refractivity contribution is 0.592. The standard InChI is InChI=1S/C20H21NO2S/c1-4-21(19-11-9-15(2)16(3)13-19)24(22,23)20-12-10-17-7-5-6-8-18(17)14-20/h5-14H,4H2,1-3H3. The summed E-state index contributed by atoms with van der Waals surface area (Å²) in [5.74, 6) is 0. The van der Waals surface area contributed by atoms with Crippen LogP contribution in [-0.2, 0) is 10.0 Å². The van der Waals surface area contributed by atoms with E-state index in [1.165, 1.54) is 4.31 Å². The molecule has 3 aromatic rings. The SMILES string of the molecule is CCN(c1ccc(C)c(C)c1)S(=O)(=O)c1ccc2ccccc2c1. The molecule has 0 spiro atoms. The Labute approximate surface area is 143 Å². The molecule has 0 aliphatic carbocycles. The Morgan fingerprint density at radius 1 is 0.833 bits per heavy atom. The normalized spacial score (nSPS) is 11.6. The first kappa shape index (κ1) is 16.5. The van der Waals surface area contributed by atoms with Gasteiger partial charge in [-0.1, -0.05) is 36.4 Å². The minimum Gasteiger partial charge on any atom is -0.267 e. The number of rotatable bonds is 4. The number of aryl methyl sites for hydroxylation is 2. The fourth-order valence-electron chi connectivity index (χ4n) is 2.83. The molecule has 0 radical (unpaired) electrons. The van der Waals surface area contributed by atoms with Gasteiger partial charge in [-0.3, -0.25) is 4.31 Å². The molecule has 0 saturated carbocycles. The van der Waals surface area contributed by atoms with Gasteiger partial charge in [-0.15, -0.1) is 0 Å². The van der Waals surface area contributed by atoms with Crippen LogP contribution >= 0.6 is 0 Å². The number of hydrogen-bond acceptors (Lipinski definition) is 2. The molecule has 3 aromatic carbocycles. The Morgan fingerprint density at radius 3 is 2.21 bits per heavy atom. The predicted molar refractivity (Wildman–Crippen MR) is 100 cm³/mol. The van der Waals surface area contributed by atoms with E-state index in [0.29, 0.717) is 17.1 Å². The molecule has 4 heteroatoms. The second-order valence-electron chi connectivity index (χ2n) is 5.95. The van der Waals surface area contributed by atoms with E-state index >= 15 is 0 Å². The van der Waals surface area contributed by atoms with Crippen molar-refractivity contribution in [3.8, 4) is 0 Å². The van der Waals surface area contributed by atoms with Crippen LogP contribution in [0, 0.1) is 13.8 Å². The van der Waals surface area contributed by atoms with E-state index in [9.17, 15) is 8.42 Å². The highest BCUT2D eigenvalue weighted by Crippen LogP contribution is 2.27. The molecule has 24 heavy (non-hydrogen) atoms. The molecule has 0 unspecified atom stereocenters. The third kappa shape index (κ3) is 2.89. The highest BCUT2D eigenvalue weighted by molar-refractivity contribution is 7.92. The first-order valence-electron chi connectivity index (χ1n) is 8.02. The lowest BCUT2D eigenvalue weighted by atomic mass is 10.1. The fourth-order valence-corrected chi connectivity index (χ4v) is 4.33. The third-order valence-electron chi connectivity index (χ3n) is 4.37. The first-order chi connectivity index (χ1) is 11.4. The van der Waals surface area contributed by atoms with Crippen molar-refractivity contribution in [2.75, 3.05) is 10.8 Å². The van der Waals surface area contributed by atoms with Gasteiger partial charge in [0.2, 0.25) is 0 Å². The topological polar surface area (TPSA) is 37.4 Å². The maximum atomic E-state index is 13.1. The van der Waals surface area contributed by atoms with Gasteiger partial charge >= 0.3 is 0 Å². The molecule has 0 heterocycles. The maximum absolute atomic E-state index is 13.1. The van der Waals surface area contributed by atoms with Gasteiger partial charge in [0.05, 0.1) is 10.6 Å². The van der Waals surface area contributed by atoms with Gasteiger partial charge in [0.15, 0.2) is 0 Å². The van der Waals surface area contributed by atoms with Crippen LogP contribution in [0.1, 0.15) is 18.1 Å². The average Bonchev–Trinajstić information content (AvgIpc) is 2.58. The number of benzene rings is 3. The van der Waals surface area contributed by atoms with Crippen molar-refractivity contribution >= 4 is 26.5 Å². The Hall–Kier alpha value is -2.33. The van der Waals surface area contributed by atoms with E-state index < -0.39 is 10.0 Å². The summed E-state index contributed by atoms with van der Waals surface area (Å²) in [6.45, 7) is 6.26. The molecule has 0 fully saturated rings. The summed E-state index contributed by atoms with van der Waals surface area (Å²) >= 11 is 0. The van der Waals surface area contributed by atoms with E-state index in [-0.39, 0.29) is 0 Å². The minimum atomic E-state index is -3.59. The first-order valence-corrected chi connectivity index (χ1v) is 9.46. The largest absolute Gasteiger partial charge is 0.267 e. The van der Waals surface area contributed by atoms with Crippen LogP contribution in [0.3, 0.4) is 0 Å². The van der Waals surface area contributed by atoms with Crippen LogP contribution in [0.4, 0.5) is 5.69 Å². The highest BCUT2D eigenvalue weighted by atomic mass is 32.2. The molecule has 124 valence electrons. The summed E-state index contributed by atoms with van der Waals surface area (Å²) < 4.78 is 27.7. The molecule has 0 aliphatic rings. The number of nitrogens with zero attached hydrogens (tertiary/aromatic N) is 1. The molecular formula is C20H21NO2S. The molecule has 0 atom stereocenters. The number of hydrogen-bond donors (Lipinski definition) is 0. The van der Waals surface area contributed by atoms with Gasteiger partial charge in [-0.25, -0.2) is 8.42 Å². The molecule has 3 rings (SSSR count). The highest BCUT2D eigenvalue weighted by Gasteiger charge is 2.24. The average molecular weight is 339 g/mol. The van der Waals surface area contributed by atoms with Crippen molar-refractivity contribution in [1.82, 2.24) is 0 Å². The minimum absolute atomic E-state index is 0.321. The molecule has 3 nitrogen and oxygen atoms in total. The van der Waals surface area contributed by atoms with Gasteiger partial charge in [-0.2, -0.15) is 0 Å². The van der Waals surface area contributed by atoms with E-state index in [2.05, 4.69) is 0 Å². The molecule has 0 amide bonds. The molecule has 0 bridgehead atoms. The lowest BCUT2D eigenvalue weighted by Crippen LogP contribution is -2.30. The molecule has 0 aliphatic heterocycles. The Kier molecular flexibility index (Phi) is 4.33. The monoisotopic (exact) mass is 339 g/mol. The Bertz CT molecular complexity index is 993. The summed E-state index contributed by atoms with van der Waals surface area (Å²) in [5.41, 5.74) is 2.94. The third-order valence-corrected chi connectivity index (χ3v) is 6.27. The zero-order chi connectivity index (χ0) is 17.3. The summed E-state index contributed by atoms with van der Waals surface area (Å²) in [5, 5.41) is 1.96. The Balaban J connectivity index is 2.10. The number of fused-ring (bicyclic) bond motifs is 1. The fraction of sp³-hybridized carbons (Fsp3) is 0.200. The van der Waals surface area contributed by atoms with Gasteiger partial charge in [-0.05, 0) is 66.9 Å². The van der Waals surface area contributed by atoms with Crippen molar-refractivity contribution in [1.29, 1.82) is 0 Å². The smallest absolute Gasteiger partial charge is 0.264 e. The van der Waals surface area contributed by atoms with Gasteiger partial charge < -0.3 is 0 Å². The van der Waals surface area contributed by atoms with Gasteiger partial charge in [0.25, 0.3) is 10.0 Å². The van der Waals surface area contributed by atoms with Gasteiger partial charge in [0.1, 0.15) is 0 Å². The molecule has 0 saturated heterocycles. The molecule has 0 N–H and O–H groups in total. The van der Waals surface area contributed by atoms with Crippen molar-refractivity contribution in [3.63, 3.8) is 0 Å². The lowest BCUT2D eigenvalue weighted by Gasteiger charge is -2.24. The van der Waals surface area contributed by atoms with Crippen LogP contribution in [0.25, 0.3) is 10.8 Å². The van der Waals surface area contributed by atoms with E-state index in [0.717, 1.165) is 21.9 Å². The molecular weight excluding hydrogens is 318 g/mol. The van der Waals surface area contributed by atoms with E-state index in [1.807, 2.05) is 69.3 Å².